The molecule has 0 aliphatic carbocycles. The second kappa shape index (κ2) is 12.4. The standard InChI is InChI=1S/C52H29N7S/c53-30-31-25-27-45-39(29-31)35-16-4-10-22-43(35)59(45)52-55-50(54-51(56-52)58-41-20-8-1-13-32(41)33-14-2-9-21-42(33)58)37-17-5-11-23-44(37)57-40-19-7-3-15-34(40)36-26-28-47-48(49(36)57)38-18-6-12-24-46(38)60-47/h1-29H/i1D,2D,5D,8D,9D,11D,13D,14D,17D,20D,21D,23D. The molecule has 0 unspecified atom stereocenters. The van der Waals surface area contributed by atoms with E-state index < -0.39 is 78.5 Å². The van der Waals surface area contributed by atoms with Gasteiger partial charge in [-0.2, -0.15) is 20.2 Å². The number of hydrogen-bond donors (Lipinski definition) is 0. The molecule has 0 fully saturated rings. The first kappa shape index (κ1) is 23.3. The summed E-state index contributed by atoms with van der Waals surface area (Å²) in [5, 5.41) is 14.3. The highest BCUT2D eigenvalue weighted by Gasteiger charge is 2.24. The van der Waals surface area contributed by atoms with E-state index in [1.54, 1.807) is 40.2 Å². The first-order chi connectivity index (χ1) is 34.7. The molecule has 13 rings (SSSR count). The van der Waals surface area contributed by atoms with E-state index in [0.29, 0.717) is 38.4 Å². The summed E-state index contributed by atoms with van der Waals surface area (Å²) in [7, 11) is 0. The Morgan fingerprint density at radius 2 is 1.08 bits per heavy atom. The number of rotatable bonds is 4. The highest BCUT2D eigenvalue weighted by atomic mass is 32.1. The Labute approximate surface area is 362 Å². The quantitative estimate of drug-likeness (QED) is 0.178. The van der Waals surface area contributed by atoms with Crippen LogP contribution in [-0.2, 0) is 0 Å². The Kier molecular flexibility index (Phi) is 4.84. The van der Waals surface area contributed by atoms with Crippen molar-refractivity contribution in [3.05, 3.63) is 181 Å². The number of para-hydroxylation sites is 5. The van der Waals surface area contributed by atoms with Crippen LogP contribution < -0.4 is 0 Å². The smallest absolute Gasteiger partial charge is 0.240 e. The molecule has 8 aromatic carbocycles. The Morgan fingerprint density at radius 1 is 0.483 bits per heavy atom. The van der Waals surface area contributed by atoms with E-state index in [-0.39, 0.29) is 44.8 Å². The van der Waals surface area contributed by atoms with Crippen LogP contribution >= 0.6 is 11.3 Å². The van der Waals surface area contributed by atoms with Crippen molar-refractivity contribution in [1.29, 1.82) is 5.26 Å². The number of nitriles is 1. The molecule has 5 heterocycles. The van der Waals surface area contributed by atoms with Gasteiger partial charge >= 0.3 is 0 Å². The van der Waals surface area contributed by atoms with E-state index in [1.165, 1.54) is 0 Å². The number of nitrogens with zero attached hydrogens (tertiary/aromatic N) is 7. The lowest BCUT2D eigenvalue weighted by Gasteiger charge is -2.16. The molecule has 0 atom stereocenters. The zero-order chi connectivity index (χ0) is 49.9. The number of benzene rings is 8. The minimum absolute atomic E-state index is 0.00924. The van der Waals surface area contributed by atoms with Crippen LogP contribution in [0.5, 0.6) is 0 Å². The van der Waals surface area contributed by atoms with Crippen LogP contribution in [0.4, 0.5) is 0 Å². The second-order valence-electron chi connectivity index (χ2n) is 14.2. The third-order valence-electron chi connectivity index (χ3n) is 11.1. The highest BCUT2D eigenvalue weighted by Crippen LogP contribution is 2.44. The van der Waals surface area contributed by atoms with Crippen molar-refractivity contribution >= 4 is 96.9 Å². The van der Waals surface area contributed by atoms with Crippen molar-refractivity contribution in [2.75, 3.05) is 0 Å². The molecule has 0 amide bonds. The summed E-state index contributed by atoms with van der Waals surface area (Å²) in [6.07, 6.45) is 0. The Balaban J connectivity index is 1.26. The maximum atomic E-state index is 9.99. The second-order valence-corrected chi connectivity index (χ2v) is 15.3. The molecule has 13 aromatic rings. The molecule has 0 saturated heterocycles. The fraction of sp³-hybridized carbons (Fsp3) is 0. The lowest BCUT2D eigenvalue weighted by molar-refractivity contribution is 0.892. The fourth-order valence-electron chi connectivity index (χ4n) is 8.68. The van der Waals surface area contributed by atoms with Gasteiger partial charge in [-0.15, -0.1) is 11.3 Å². The average molecular weight is 796 g/mol. The highest BCUT2D eigenvalue weighted by molar-refractivity contribution is 7.26. The van der Waals surface area contributed by atoms with Gasteiger partial charge in [-0.25, -0.2) is 0 Å². The maximum Gasteiger partial charge on any atom is 0.240 e. The van der Waals surface area contributed by atoms with E-state index in [1.807, 2.05) is 83.4 Å². The zero-order valence-corrected chi connectivity index (χ0v) is 31.7. The van der Waals surface area contributed by atoms with E-state index in [2.05, 4.69) is 6.07 Å². The molecular formula is C52H29N7S. The molecule has 278 valence electrons. The summed E-state index contributed by atoms with van der Waals surface area (Å²) in [4.78, 5) is 15.1. The summed E-state index contributed by atoms with van der Waals surface area (Å²) >= 11 is 1.59. The van der Waals surface area contributed by atoms with Gasteiger partial charge in [0.2, 0.25) is 11.9 Å². The topological polar surface area (TPSA) is 77.2 Å². The van der Waals surface area contributed by atoms with Gasteiger partial charge in [-0.05, 0) is 66.6 Å². The van der Waals surface area contributed by atoms with Gasteiger partial charge in [-0.3, -0.25) is 9.13 Å². The zero-order valence-electron chi connectivity index (χ0n) is 42.9. The molecule has 60 heavy (non-hydrogen) atoms. The van der Waals surface area contributed by atoms with Gasteiger partial charge in [0.05, 0.1) is 66.9 Å². The SMILES string of the molecule is [2H]c1c([2H])c([2H])c(-n2c3ccccc3c3ccc4sc5ccccc5c4c32)c(-c2nc(-n3c4ccccc4c4cc(C#N)ccc43)nc(-n3c4c([2H])c([2H])c([2H])c([2H])c4c4c([2H])c([2H])c([2H])c([2H])c43)n2)c1[2H]. The minimum Gasteiger partial charge on any atom is -0.308 e. The Morgan fingerprint density at radius 3 is 1.83 bits per heavy atom. The van der Waals surface area contributed by atoms with Crippen molar-refractivity contribution < 1.29 is 16.4 Å². The molecule has 0 radical (unpaired) electrons. The average Bonchev–Trinajstić information content (AvgIpc) is 4.15. The van der Waals surface area contributed by atoms with Crippen molar-refractivity contribution in [3.63, 3.8) is 0 Å². The molecule has 8 heteroatoms. The largest absolute Gasteiger partial charge is 0.308 e. The normalized spacial score (nSPS) is 14.8. The Bertz CT molecular complexity index is 4620. The van der Waals surface area contributed by atoms with E-state index in [0.717, 1.165) is 35.5 Å². The molecule has 0 saturated carbocycles. The van der Waals surface area contributed by atoms with Crippen LogP contribution in [0.2, 0.25) is 0 Å². The summed E-state index contributed by atoms with van der Waals surface area (Å²) in [5.74, 6) is -0.827. The van der Waals surface area contributed by atoms with Crippen molar-refractivity contribution in [2.24, 2.45) is 0 Å². The van der Waals surface area contributed by atoms with Crippen LogP contribution in [0.25, 0.3) is 115 Å². The number of thiophene rings is 1. The van der Waals surface area contributed by atoms with Gasteiger partial charge in [0.25, 0.3) is 0 Å². The van der Waals surface area contributed by atoms with Crippen LogP contribution in [0.3, 0.4) is 0 Å². The predicted octanol–water partition coefficient (Wildman–Crippen LogP) is 13.1. The van der Waals surface area contributed by atoms with Crippen molar-refractivity contribution in [2.45, 2.75) is 0 Å². The number of aromatic nitrogens is 6. The maximum absolute atomic E-state index is 9.99. The monoisotopic (exact) mass is 795 g/mol. The molecule has 0 spiro atoms. The third-order valence-corrected chi connectivity index (χ3v) is 12.3. The molecular weight excluding hydrogens is 755 g/mol. The van der Waals surface area contributed by atoms with Crippen molar-refractivity contribution in [3.8, 4) is 35.0 Å². The lowest BCUT2D eigenvalue weighted by atomic mass is 10.1. The van der Waals surface area contributed by atoms with E-state index in [4.69, 9.17) is 23.2 Å². The Hall–Kier alpha value is -8.12. The van der Waals surface area contributed by atoms with Crippen LogP contribution in [-0.4, -0.2) is 28.7 Å². The van der Waals surface area contributed by atoms with Gasteiger partial charge in [0, 0.05) is 58.1 Å². The minimum atomic E-state index is -0.657. The van der Waals surface area contributed by atoms with Gasteiger partial charge in [0.1, 0.15) is 0 Å². The first-order valence-electron chi connectivity index (χ1n) is 24.9. The van der Waals surface area contributed by atoms with Gasteiger partial charge in [-0.1, -0.05) is 109 Å². The summed E-state index contributed by atoms with van der Waals surface area (Å²) in [6, 6.07) is 27.1. The van der Waals surface area contributed by atoms with Crippen LogP contribution in [0, 0.1) is 11.3 Å². The first-order valence-corrected chi connectivity index (χ1v) is 19.7. The fourth-order valence-corrected chi connectivity index (χ4v) is 9.79. The predicted molar refractivity (Wildman–Crippen MR) is 246 cm³/mol. The molecule has 0 N–H and O–H groups in total. The molecule has 0 bridgehead atoms. The van der Waals surface area contributed by atoms with Gasteiger partial charge < -0.3 is 4.57 Å². The number of fused-ring (bicyclic) bond motifs is 13. The summed E-state index contributed by atoms with van der Waals surface area (Å²) in [5.41, 5.74) is 2.02. The number of hydrogen-bond acceptors (Lipinski definition) is 5. The van der Waals surface area contributed by atoms with Crippen molar-refractivity contribution in [1.82, 2.24) is 28.7 Å². The van der Waals surface area contributed by atoms with Crippen LogP contribution in [0.1, 0.15) is 22.0 Å². The van der Waals surface area contributed by atoms with Crippen LogP contribution in [0.15, 0.2) is 176 Å². The molecule has 0 aliphatic heterocycles. The molecule has 7 nitrogen and oxygen atoms in total. The molecule has 5 aromatic heterocycles. The summed E-state index contributed by atoms with van der Waals surface area (Å²) in [6.45, 7) is 0. The van der Waals surface area contributed by atoms with Gasteiger partial charge in [0.15, 0.2) is 5.82 Å². The molecule has 0 aliphatic rings. The lowest BCUT2D eigenvalue weighted by Crippen LogP contribution is -2.11. The summed E-state index contributed by atoms with van der Waals surface area (Å²) < 4.78 is 117. The van der Waals surface area contributed by atoms with E-state index >= 15 is 0 Å². The third kappa shape index (κ3) is 4.55. The van der Waals surface area contributed by atoms with E-state index in [9.17, 15) is 13.5 Å².